The summed E-state index contributed by atoms with van der Waals surface area (Å²) in [6, 6.07) is 1.64. The molecule has 0 saturated heterocycles. The van der Waals surface area contributed by atoms with Crippen molar-refractivity contribution in [3.8, 4) is 0 Å². The molecule has 0 aliphatic carbocycles. The summed E-state index contributed by atoms with van der Waals surface area (Å²) in [6.45, 7) is 0. The van der Waals surface area contributed by atoms with E-state index in [0.29, 0.717) is 15.9 Å². The predicted molar refractivity (Wildman–Crippen MR) is 52.8 cm³/mol. The number of fused-ring (bicyclic) bond motifs is 1. The van der Waals surface area contributed by atoms with E-state index in [4.69, 9.17) is 19.4 Å². The Morgan fingerprint density at radius 2 is 2.31 bits per heavy atom. The lowest BCUT2D eigenvalue weighted by molar-refractivity contribution is 1.27. The van der Waals surface area contributed by atoms with Crippen LogP contribution < -0.4 is 11.0 Å². The number of pyridine rings is 2. The van der Waals surface area contributed by atoms with Crippen LogP contribution in [0.2, 0.25) is 5.02 Å². The van der Waals surface area contributed by atoms with Crippen molar-refractivity contribution < 1.29 is 0 Å². The molecule has 0 aliphatic rings. The van der Waals surface area contributed by atoms with Crippen LogP contribution in [0.5, 0.6) is 0 Å². The van der Waals surface area contributed by atoms with Crippen LogP contribution in [0.4, 0.5) is 0 Å². The Morgan fingerprint density at radius 1 is 1.54 bits per heavy atom. The summed E-state index contributed by atoms with van der Waals surface area (Å²) in [5.41, 5.74) is 0.193. The number of aromatic nitrogens is 2. The molecule has 2 aromatic heterocycles. The molecule has 0 spiro atoms. The van der Waals surface area contributed by atoms with Crippen LogP contribution in [-0.2, 0) is 0 Å². The van der Waals surface area contributed by atoms with Gasteiger partial charge < -0.3 is 4.98 Å². The first-order valence-electron chi connectivity index (χ1n) is 3.61. The van der Waals surface area contributed by atoms with E-state index >= 15 is 0 Å². The fraction of sp³-hybridized carbons (Fsp3) is 0. The molecular formula is C8H4BClN2O. The quantitative estimate of drug-likeness (QED) is 0.610. The molecule has 0 atom stereocenters. The monoisotopic (exact) mass is 190 g/mol. The van der Waals surface area contributed by atoms with Crippen molar-refractivity contribution in [1.29, 1.82) is 0 Å². The highest BCUT2D eigenvalue weighted by Crippen LogP contribution is 2.17. The third-order valence-corrected chi connectivity index (χ3v) is 2.11. The number of hydrogen-bond acceptors (Lipinski definition) is 2. The Balaban J connectivity index is 3.03. The summed E-state index contributed by atoms with van der Waals surface area (Å²) in [5.74, 6) is 0. The highest BCUT2D eigenvalue weighted by atomic mass is 35.5. The fourth-order valence-corrected chi connectivity index (χ4v) is 1.33. The molecule has 0 unspecified atom stereocenters. The van der Waals surface area contributed by atoms with Gasteiger partial charge in [-0.3, -0.25) is 9.78 Å². The molecule has 0 aliphatic heterocycles. The predicted octanol–water partition coefficient (Wildman–Crippen LogP) is 0.370. The van der Waals surface area contributed by atoms with Crippen molar-refractivity contribution in [2.24, 2.45) is 0 Å². The summed E-state index contributed by atoms with van der Waals surface area (Å²) in [4.78, 5) is 17.5. The first kappa shape index (κ1) is 8.32. The molecule has 2 rings (SSSR count). The molecule has 0 bridgehead atoms. The van der Waals surface area contributed by atoms with E-state index in [1.54, 1.807) is 6.07 Å². The van der Waals surface area contributed by atoms with Crippen molar-refractivity contribution in [1.82, 2.24) is 9.97 Å². The molecule has 62 valence electrons. The standard InChI is InChI=1S/C8H4BClN2O/c9-6-7-4(3-12-8(6)13)5(10)1-2-11-7/h1-3H,(H,12,13). The van der Waals surface area contributed by atoms with Crippen molar-refractivity contribution >= 4 is 35.8 Å². The maximum absolute atomic E-state index is 11.1. The Kier molecular flexibility index (Phi) is 1.85. The zero-order valence-electron chi connectivity index (χ0n) is 6.54. The van der Waals surface area contributed by atoms with Gasteiger partial charge in [-0.05, 0) is 11.5 Å². The third-order valence-electron chi connectivity index (χ3n) is 1.78. The zero-order chi connectivity index (χ0) is 9.42. The second kappa shape index (κ2) is 2.89. The molecule has 13 heavy (non-hydrogen) atoms. The minimum atomic E-state index is -0.345. The fourth-order valence-electron chi connectivity index (χ4n) is 1.12. The molecule has 0 fully saturated rings. The highest BCUT2D eigenvalue weighted by Gasteiger charge is 2.03. The summed E-state index contributed by atoms with van der Waals surface area (Å²) in [5, 5.41) is 1.18. The molecule has 2 heterocycles. The molecule has 0 aromatic carbocycles. The first-order chi connectivity index (χ1) is 6.20. The minimum absolute atomic E-state index is 0.0972. The van der Waals surface area contributed by atoms with Gasteiger partial charge in [0.2, 0.25) is 5.56 Å². The van der Waals surface area contributed by atoms with E-state index in [9.17, 15) is 4.79 Å². The van der Waals surface area contributed by atoms with E-state index in [1.165, 1.54) is 12.4 Å². The second-order valence-corrected chi connectivity index (χ2v) is 2.99. The molecule has 2 radical (unpaired) electrons. The third kappa shape index (κ3) is 1.23. The van der Waals surface area contributed by atoms with Gasteiger partial charge in [-0.15, -0.1) is 0 Å². The smallest absolute Gasteiger partial charge is 0.242 e. The van der Waals surface area contributed by atoms with Crippen LogP contribution in [0.25, 0.3) is 10.9 Å². The summed E-state index contributed by atoms with van der Waals surface area (Å²) >= 11 is 5.86. The van der Waals surface area contributed by atoms with Crippen LogP contribution >= 0.6 is 11.6 Å². The number of aromatic amines is 1. The number of nitrogens with zero attached hydrogens (tertiary/aromatic N) is 1. The van der Waals surface area contributed by atoms with Crippen LogP contribution in [0.3, 0.4) is 0 Å². The van der Waals surface area contributed by atoms with E-state index in [0.717, 1.165) is 0 Å². The lowest BCUT2D eigenvalue weighted by Crippen LogP contribution is -2.28. The summed E-state index contributed by atoms with van der Waals surface area (Å²) in [7, 11) is 5.52. The SMILES string of the molecule is [B]c1c(=O)[nH]cc2c(Cl)ccnc12. The first-order valence-corrected chi connectivity index (χ1v) is 3.99. The van der Waals surface area contributed by atoms with Gasteiger partial charge in [0.05, 0.1) is 10.5 Å². The highest BCUT2D eigenvalue weighted by molar-refractivity contribution is 6.41. The van der Waals surface area contributed by atoms with Crippen molar-refractivity contribution in [2.45, 2.75) is 0 Å². The van der Waals surface area contributed by atoms with E-state index in [2.05, 4.69) is 9.97 Å². The van der Waals surface area contributed by atoms with Crippen molar-refractivity contribution in [3.63, 3.8) is 0 Å². The zero-order valence-corrected chi connectivity index (χ0v) is 7.30. The van der Waals surface area contributed by atoms with Gasteiger partial charge in [0.1, 0.15) is 7.85 Å². The van der Waals surface area contributed by atoms with Gasteiger partial charge in [-0.1, -0.05) is 11.6 Å². The molecule has 5 heteroatoms. The molecule has 0 saturated carbocycles. The van der Waals surface area contributed by atoms with Gasteiger partial charge in [-0.2, -0.15) is 0 Å². The average molecular weight is 190 g/mol. The Bertz CT molecular complexity index is 523. The van der Waals surface area contributed by atoms with Gasteiger partial charge >= 0.3 is 0 Å². The minimum Gasteiger partial charge on any atom is -0.329 e. The molecule has 2 aromatic rings. The lowest BCUT2D eigenvalue weighted by Gasteiger charge is -2.00. The van der Waals surface area contributed by atoms with Gasteiger partial charge in [0, 0.05) is 17.8 Å². The van der Waals surface area contributed by atoms with Crippen LogP contribution in [0.15, 0.2) is 23.3 Å². The van der Waals surface area contributed by atoms with Crippen molar-refractivity contribution in [3.05, 3.63) is 33.8 Å². The lowest BCUT2D eigenvalue weighted by atomic mass is 9.95. The van der Waals surface area contributed by atoms with Gasteiger partial charge in [0.15, 0.2) is 0 Å². The normalized spacial score (nSPS) is 10.5. The molecule has 3 nitrogen and oxygen atoms in total. The number of rotatable bonds is 0. The molecule has 0 amide bonds. The average Bonchev–Trinajstić information content (AvgIpc) is 2.12. The van der Waals surface area contributed by atoms with Gasteiger partial charge in [0.25, 0.3) is 0 Å². The largest absolute Gasteiger partial charge is 0.329 e. The topological polar surface area (TPSA) is 45.8 Å². The van der Waals surface area contributed by atoms with E-state index in [1.807, 2.05) is 0 Å². The number of H-pyrrole nitrogens is 1. The summed E-state index contributed by atoms with van der Waals surface area (Å²) in [6.07, 6.45) is 3.02. The Morgan fingerprint density at radius 3 is 3.08 bits per heavy atom. The Hall–Kier alpha value is -1.29. The molecule has 1 N–H and O–H groups in total. The second-order valence-electron chi connectivity index (χ2n) is 2.59. The number of nitrogens with one attached hydrogen (secondary N) is 1. The molecular weight excluding hydrogens is 186 g/mol. The van der Waals surface area contributed by atoms with E-state index < -0.39 is 0 Å². The van der Waals surface area contributed by atoms with Gasteiger partial charge in [-0.25, -0.2) is 0 Å². The summed E-state index contributed by atoms with van der Waals surface area (Å²) < 4.78 is 0. The maximum Gasteiger partial charge on any atom is 0.242 e. The van der Waals surface area contributed by atoms with Crippen molar-refractivity contribution in [2.75, 3.05) is 0 Å². The van der Waals surface area contributed by atoms with Crippen LogP contribution in [0.1, 0.15) is 0 Å². The Labute approximate surface area is 80.2 Å². The number of hydrogen-bond donors (Lipinski definition) is 1. The maximum atomic E-state index is 11.1. The number of halogens is 1. The van der Waals surface area contributed by atoms with Crippen LogP contribution in [-0.4, -0.2) is 17.8 Å². The van der Waals surface area contributed by atoms with Crippen LogP contribution in [0, 0.1) is 0 Å². The van der Waals surface area contributed by atoms with E-state index in [-0.39, 0.29) is 11.0 Å².